The van der Waals surface area contributed by atoms with Gasteiger partial charge in [-0.05, 0) is 43.3 Å². The largest absolute Gasteiger partial charge is 0.495 e. The second-order valence-electron chi connectivity index (χ2n) is 7.76. The third-order valence-electron chi connectivity index (χ3n) is 5.47. The fourth-order valence-corrected chi connectivity index (χ4v) is 6.72. The molecule has 0 N–H and O–H groups in total. The second-order valence-corrected chi connectivity index (χ2v) is 11.4. The van der Waals surface area contributed by atoms with Gasteiger partial charge in [0, 0.05) is 17.7 Å². The van der Waals surface area contributed by atoms with Crippen LogP contribution in [0.15, 0.2) is 69.9 Å². The highest BCUT2D eigenvalue weighted by Crippen LogP contribution is 2.30. The van der Waals surface area contributed by atoms with Crippen molar-refractivity contribution >= 4 is 57.0 Å². The Labute approximate surface area is 219 Å². The quantitative estimate of drug-likeness (QED) is 0.132. The number of thiazole rings is 2. The number of fused-ring (bicyclic) bond motifs is 1. The lowest BCUT2D eigenvalue weighted by Gasteiger charge is -2.15. The summed E-state index contributed by atoms with van der Waals surface area (Å²) in [5.74, 6) is 1.21. The van der Waals surface area contributed by atoms with E-state index in [9.17, 15) is 4.79 Å². The summed E-state index contributed by atoms with van der Waals surface area (Å²) in [7, 11) is 1.60. The van der Waals surface area contributed by atoms with Gasteiger partial charge in [-0.15, -0.1) is 11.3 Å². The van der Waals surface area contributed by atoms with Crippen LogP contribution >= 0.6 is 46.7 Å². The number of benzene rings is 2. The predicted octanol–water partition coefficient (Wildman–Crippen LogP) is 6.29. The summed E-state index contributed by atoms with van der Waals surface area (Å²) in [6, 6.07) is 17.7. The Hall–Kier alpha value is -2.79. The Morgan fingerprint density at radius 1 is 1.09 bits per heavy atom. The molecule has 0 amide bonds. The maximum atomic E-state index is 13.9. The molecule has 0 saturated carbocycles. The summed E-state index contributed by atoms with van der Waals surface area (Å²) < 4.78 is 10.4. The van der Waals surface area contributed by atoms with Crippen LogP contribution in [0.4, 0.5) is 0 Å². The number of thioether (sulfide) groups is 1. The van der Waals surface area contributed by atoms with Crippen LogP contribution in [-0.4, -0.2) is 26.2 Å². The molecule has 0 radical (unpaired) electrons. The minimum absolute atomic E-state index is 0.147. The molecule has 2 aromatic carbocycles. The Morgan fingerprint density at radius 3 is 2.60 bits per heavy atom. The highest BCUT2D eigenvalue weighted by molar-refractivity contribution is 7.98. The molecule has 6 nitrogen and oxygen atoms in total. The van der Waals surface area contributed by atoms with Gasteiger partial charge in [0.25, 0.3) is 5.56 Å². The average molecular weight is 539 g/mol. The molecule has 10 heteroatoms. The Kier molecular flexibility index (Phi) is 7.14. The second kappa shape index (κ2) is 10.4. The fraction of sp³-hybridized carbons (Fsp3) is 0.200. The van der Waals surface area contributed by atoms with E-state index >= 15 is 0 Å². The molecular weight excluding hydrogens is 517 g/mol. The molecule has 35 heavy (non-hydrogen) atoms. The van der Waals surface area contributed by atoms with Crippen molar-refractivity contribution in [1.29, 1.82) is 0 Å². The number of aromatic nitrogens is 4. The fourth-order valence-electron chi connectivity index (χ4n) is 3.80. The van der Waals surface area contributed by atoms with Crippen molar-refractivity contribution in [2.75, 3.05) is 7.11 Å². The molecule has 0 saturated heterocycles. The molecule has 5 aromatic rings. The molecule has 178 valence electrons. The topological polar surface area (TPSA) is 61.9 Å². The van der Waals surface area contributed by atoms with E-state index in [-0.39, 0.29) is 5.56 Å². The van der Waals surface area contributed by atoms with Gasteiger partial charge in [-0.3, -0.25) is 9.36 Å². The molecule has 0 aliphatic heterocycles. The minimum atomic E-state index is -0.147. The van der Waals surface area contributed by atoms with Crippen molar-refractivity contribution < 1.29 is 4.74 Å². The first-order chi connectivity index (χ1) is 17.0. The first kappa shape index (κ1) is 23.9. The van der Waals surface area contributed by atoms with Crippen molar-refractivity contribution in [1.82, 2.24) is 19.1 Å². The normalized spacial score (nSPS) is 11.3. The van der Waals surface area contributed by atoms with E-state index in [1.54, 1.807) is 23.0 Å². The molecule has 3 heterocycles. The third kappa shape index (κ3) is 4.97. The van der Waals surface area contributed by atoms with Gasteiger partial charge in [-0.2, -0.15) is 0 Å². The van der Waals surface area contributed by atoms with Crippen LogP contribution in [0.2, 0.25) is 0 Å². The number of rotatable bonds is 8. The van der Waals surface area contributed by atoms with Crippen LogP contribution in [0.5, 0.6) is 5.75 Å². The first-order valence-electron chi connectivity index (χ1n) is 10.9. The molecule has 0 fully saturated rings. The number of ether oxygens (including phenoxy) is 1. The van der Waals surface area contributed by atoms with Crippen LogP contribution in [0.25, 0.3) is 16.0 Å². The summed E-state index contributed by atoms with van der Waals surface area (Å²) in [6.45, 7) is 2.64. The summed E-state index contributed by atoms with van der Waals surface area (Å²) in [5, 5.41) is 3.63. The zero-order valence-electron chi connectivity index (χ0n) is 19.1. The maximum Gasteiger partial charge on any atom is 0.278 e. The lowest BCUT2D eigenvalue weighted by molar-refractivity contribution is 0.411. The summed E-state index contributed by atoms with van der Waals surface area (Å²) in [5.41, 5.74) is 3.31. The van der Waals surface area contributed by atoms with Crippen molar-refractivity contribution in [3.63, 3.8) is 0 Å². The monoisotopic (exact) mass is 538 g/mol. The number of hydrogen-bond acceptors (Lipinski definition) is 8. The lowest BCUT2D eigenvalue weighted by atomic mass is 10.1. The number of hydrogen-bond donors (Lipinski definition) is 0. The van der Waals surface area contributed by atoms with Crippen molar-refractivity contribution in [2.45, 2.75) is 30.8 Å². The molecule has 0 aliphatic carbocycles. The number of methoxy groups -OCH3 is 1. The highest BCUT2D eigenvalue weighted by atomic mass is 32.2. The molecule has 0 unspecified atom stereocenters. The Morgan fingerprint density at radius 2 is 1.86 bits per heavy atom. The van der Waals surface area contributed by atoms with Crippen LogP contribution in [0.1, 0.15) is 16.3 Å². The van der Waals surface area contributed by atoms with Crippen LogP contribution in [0.3, 0.4) is 0 Å². The van der Waals surface area contributed by atoms with Crippen LogP contribution < -0.4 is 10.3 Å². The van der Waals surface area contributed by atoms with E-state index in [1.807, 2.05) is 59.3 Å². The zero-order chi connectivity index (χ0) is 24.4. The maximum absolute atomic E-state index is 13.9. The Bertz CT molecular complexity index is 1600. The van der Waals surface area contributed by atoms with Gasteiger partial charge in [0.05, 0.1) is 23.5 Å². The summed E-state index contributed by atoms with van der Waals surface area (Å²) in [6.07, 6.45) is 0.804. The van der Waals surface area contributed by atoms with Crippen molar-refractivity contribution in [3.8, 4) is 11.4 Å². The first-order valence-corrected chi connectivity index (χ1v) is 14.0. The standard InChI is InChI=1S/C25H22N4O2S4/c1-16-26-18(14-33-16)15-34-24-27-22-21(23(30)29(24)19-10-6-7-11-20(19)31-2)35-25(32)28(22)13-12-17-8-4-3-5-9-17/h3-11,14H,12-13,15H2,1-2H3. The van der Waals surface area contributed by atoms with Crippen LogP contribution in [-0.2, 0) is 18.7 Å². The van der Waals surface area contributed by atoms with E-state index in [4.69, 9.17) is 21.9 Å². The van der Waals surface area contributed by atoms with E-state index in [1.165, 1.54) is 28.7 Å². The average Bonchev–Trinajstić information content (AvgIpc) is 3.44. The summed E-state index contributed by atoms with van der Waals surface area (Å²) >= 11 is 10.1. The zero-order valence-corrected chi connectivity index (χ0v) is 22.4. The smallest absolute Gasteiger partial charge is 0.278 e. The van der Waals surface area contributed by atoms with E-state index in [0.29, 0.717) is 43.2 Å². The SMILES string of the molecule is COc1ccccc1-n1c(SCc2csc(C)n2)nc2c(sc(=S)n2CCc2ccccc2)c1=O. The van der Waals surface area contributed by atoms with E-state index in [0.717, 1.165) is 17.1 Å². The van der Waals surface area contributed by atoms with E-state index < -0.39 is 0 Å². The Balaban J connectivity index is 1.63. The van der Waals surface area contributed by atoms with Gasteiger partial charge < -0.3 is 9.30 Å². The van der Waals surface area contributed by atoms with Crippen molar-refractivity contribution in [2.24, 2.45) is 0 Å². The van der Waals surface area contributed by atoms with Gasteiger partial charge in [0.2, 0.25) is 0 Å². The molecule has 0 spiro atoms. The van der Waals surface area contributed by atoms with Gasteiger partial charge in [0.1, 0.15) is 10.4 Å². The molecule has 0 atom stereocenters. The van der Waals surface area contributed by atoms with Crippen LogP contribution in [0, 0.1) is 10.9 Å². The van der Waals surface area contributed by atoms with Gasteiger partial charge in [-0.25, -0.2) is 9.97 Å². The lowest BCUT2D eigenvalue weighted by Crippen LogP contribution is -2.22. The number of nitrogens with zero attached hydrogens (tertiary/aromatic N) is 4. The third-order valence-corrected chi connectivity index (χ3v) is 8.69. The van der Waals surface area contributed by atoms with Gasteiger partial charge in [-0.1, -0.05) is 65.6 Å². The molecule has 0 aliphatic rings. The molecular formula is C25H22N4O2S4. The minimum Gasteiger partial charge on any atom is -0.495 e. The van der Waals surface area contributed by atoms with E-state index in [2.05, 4.69) is 17.1 Å². The number of aryl methyl sites for hydroxylation is 3. The van der Waals surface area contributed by atoms with Gasteiger partial charge in [0.15, 0.2) is 14.8 Å². The molecule has 0 bridgehead atoms. The number of para-hydroxylation sites is 2. The molecule has 3 aromatic heterocycles. The van der Waals surface area contributed by atoms with Gasteiger partial charge >= 0.3 is 0 Å². The predicted molar refractivity (Wildman–Crippen MR) is 147 cm³/mol. The van der Waals surface area contributed by atoms with Crippen molar-refractivity contribution in [3.05, 3.63) is 90.6 Å². The summed E-state index contributed by atoms with van der Waals surface area (Å²) in [4.78, 5) is 23.4. The highest BCUT2D eigenvalue weighted by Gasteiger charge is 2.20. The molecule has 5 rings (SSSR count).